The molecule has 0 saturated carbocycles. The summed E-state index contributed by atoms with van der Waals surface area (Å²) in [7, 11) is 1.84. The molecule has 1 aromatic heterocycles. The topological polar surface area (TPSA) is 49.8 Å². The molecule has 78 valence electrons. The smallest absolute Gasteiger partial charge is 0.146 e. The Hall–Kier alpha value is -1.32. The summed E-state index contributed by atoms with van der Waals surface area (Å²) in [4.78, 5) is 8.37. The van der Waals surface area contributed by atoms with Gasteiger partial charge >= 0.3 is 0 Å². The predicted molar refractivity (Wildman–Crippen MR) is 59.5 cm³/mol. The van der Waals surface area contributed by atoms with Gasteiger partial charge in [0.1, 0.15) is 11.6 Å². The molecule has 0 atom stereocenters. The maximum absolute atomic E-state index is 4.30. The zero-order chi connectivity index (χ0) is 10.4. The van der Waals surface area contributed by atoms with Crippen LogP contribution < -0.4 is 10.6 Å². The lowest BCUT2D eigenvalue weighted by atomic mass is 10.1. The highest BCUT2D eigenvalue weighted by Crippen LogP contribution is 2.06. The van der Waals surface area contributed by atoms with E-state index in [0.29, 0.717) is 5.92 Å². The molecule has 0 saturated heterocycles. The maximum Gasteiger partial charge on any atom is 0.146 e. The van der Waals surface area contributed by atoms with Gasteiger partial charge in [-0.1, -0.05) is 13.8 Å². The van der Waals surface area contributed by atoms with Crippen molar-refractivity contribution < 1.29 is 0 Å². The zero-order valence-corrected chi connectivity index (χ0v) is 9.04. The molecule has 0 unspecified atom stereocenters. The molecule has 0 aliphatic rings. The fourth-order valence-electron chi connectivity index (χ4n) is 1.06. The molecule has 14 heavy (non-hydrogen) atoms. The number of nitrogens with zero attached hydrogens (tertiary/aromatic N) is 2. The lowest BCUT2D eigenvalue weighted by Crippen LogP contribution is -2.07. The van der Waals surface area contributed by atoms with Crippen LogP contribution in [0.2, 0.25) is 0 Å². The van der Waals surface area contributed by atoms with E-state index in [2.05, 4.69) is 34.4 Å². The van der Waals surface area contributed by atoms with E-state index in [1.807, 2.05) is 7.05 Å². The van der Waals surface area contributed by atoms with Crippen LogP contribution in [0.5, 0.6) is 0 Å². The summed E-state index contributed by atoms with van der Waals surface area (Å²) in [5.74, 6) is 2.33. The quantitative estimate of drug-likeness (QED) is 0.752. The summed E-state index contributed by atoms with van der Waals surface area (Å²) in [6.07, 6.45) is 4.58. The Morgan fingerprint density at radius 1 is 1.29 bits per heavy atom. The van der Waals surface area contributed by atoms with Crippen molar-refractivity contribution in [3.63, 3.8) is 0 Å². The standard InChI is InChI=1S/C10H18N4/c1-8(2)4-5-13-10-7-12-6-9(11-3)14-10/h6-8H,4-5H2,1-3H3,(H2,11,13,14). The van der Waals surface area contributed by atoms with Gasteiger partial charge < -0.3 is 10.6 Å². The van der Waals surface area contributed by atoms with Gasteiger partial charge in [-0.15, -0.1) is 0 Å². The molecule has 0 amide bonds. The van der Waals surface area contributed by atoms with Gasteiger partial charge in [0, 0.05) is 13.6 Å². The summed E-state index contributed by atoms with van der Waals surface area (Å²) in [6.45, 7) is 5.36. The van der Waals surface area contributed by atoms with Crippen molar-refractivity contribution in [2.75, 3.05) is 24.2 Å². The summed E-state index contributed by atoms with van der Waals surface area (Å²) < 4.78 is 0. The molecule has 0 aliphatic heterocycles. The van der Waals surface area contributed by atoms with E-state index in [-0.39, 0.29) is 0 Å². The number of hydrogen-bond donors (Lipinski definition) is 2. The first kappa shape index (κ1) is 10.8. The highest BCUT2D eigenvalue weighted by atomic mass is 15.1. The van der Waals surface area contributed by atoms with Gasteiger partial charge in [-0.05, 0) is 12.3 Å². The van der Waals surface area contributed by atoms with Crippen LogP contribution in [-0.4, -0.2) is 23.6 Å². The Kier molecular flexibility index (Phi) is 4.16. The van der Waals surface area contributed by atoms with Gasteiger partial charge in [0.25, 0.3) is 0 Å². The van der Waals surface area contributed by atoms with E-state index in [1.54, 1.807) is 12.4 Å². The van der Waals surface area contributed by atoms with Gasteiger partial charge in [-0.3, -0.25) is 4.98 Å². The van der Waals surface area contributed by atoms with Gasteiger partial charge in [0.2, 0.25) is 0 Å². The molecule has 4 heteroatoms. The normalized spacial score (nSPS) is 10.3. The Balaban J connectivity index is 2.42. The van der Waals surface area contributed by atoms with Crippen molar-refractivity contribution in [1.29, 1.82) is 0 Å². The molecule has 0 aliphatic carbocycles. The van der Waals surface area contributed by atoms with Gasteiger partial charge in [0.15, 0.2) is 0 Å². The SMILES string of the molecule is CNc1cncc(NCCC(C)C)n1. The van der Waals surface area contributed by atoms with Crippen molar-refractivity contribution in [3.05, 3.63) is 12.4 Å². The molecule has 1 aromatic rings. The van der Waals surface area contributed by atoms with Crippen molar-refractivity contribution in [2.45, 2.75) is 20.3 Å². The van der Waals surface area contributed by atoms with Crippen LogP contribution in [0.4, 0.5) is 11.6 Å². The first-order chi connectivity index (χ1) is 6.72. The van der Waals surface area contributed by atoms with Gasteiger partial charge in [-0.25, -0.2) is 4.98 Å². The lowest BCUT2D eigenvalue weighted by Gasteiger charge is -2.07. The Labute approximate surface area is 85.2 Å². The molecule has 0 radical (unpaired) electrons. The number of hydrogen-bond acceptors (Lipinski definition) is 4. The van der Waals surface area contributed by atoms with Crippen molar-refractivity contribution in [1.82, 2.24) is 9.97 Å². The first-order valence-corrected chi connectivity index (χ1v) is 4.96. The third-order valence-corrected chi connectivity index (χ3v) is 1.92. The van der Waals surface area contributed by atoms with Crippen LogP contribution in [0.15, 0.2) is 12.4 Å². The minimum atomic E-state index is 0.711. The Bertz CT molecular complexity index is 273. The largest absolute Gasteiger partial charge is 0.372 e. The fourth-order valence-corrected chi connectivity index (χ4v) is 1.06. The van der Waals surface area contributed by atoms with E-state index in [1.165, 1.54) is 0 Å². The summed E-state index contributed by atoms with van der Waals surface area (Å²) in [5, 5.41) is 6.19. The summed E-state index contributed by atoms with van der Waals surface area (Å²) >= 11 is 0. The first-order valence-electron chi connectivity index (χ1n) is 4.96. The van der Waals surface area contributed by atoms with Crippen LogP contribution in [-0.2, 0) is 0 Å². The molecule has 0 spiro atoms. The van der Waals surface area contributed by atoms with E-state index in [4.69, 9.17) is 0 Å². The van der Waals surface area contributed by atoms with E-state index >= 15 is 0 Å². The van der Waals surface area contributed by atoms with Crippen molar-refractivity contribution in [2.24, 2.45) is 5.92 Å². The molecule has 0 fully saturated rings. The van der Waals surface area contributed by atoms with Crippen LogP contribution in [0.25, 0.3) is 0 Å². The van der Waals surface area contributed by atoms with E-state index in [9.17, 15) is 0 Å². The van der Waals surface area contributed by atoms with E-state index < -0.39 is 0 Å². The molecular formula is C10H18N4. The third-order valence-electron chi connectivity index (χ3n) is 1.92. The molecular weight excluding hydrogens is 176 g/mol. The average molecular weight is 194 g/mol. The number of anilines is 2. The summed E-state index contributed by atoms with van der Waals surface area (Å²) in [5.41, 5.74) is 0. The maximum atomic E-state index is 4.30. The van der Waals surface area contributed by atoms with Crippen LogP contribution >= 0.6 is 0 Å². The van der Waals surface area contributed by atoms with Crippen LogP contribution in [0.3, 0.4) is 0 Å². The van der Waals surface area contributed by atoms with Gasteiger partial charge in [0.05, 0.1) is 12.4 Å². The summed E-state index contributed by atoms with van der Waals surface area (Å²) in [6, 6.07) is 0. The molecule has 4 nitrogen and oxygen atoms in total. The molecule has 0 bridgehead atoms. The highest BCUT2D eigenvalue weighted by Gasteiger charge is 1.97. The van der Waals surface area contributed by atoms with Crippen LogP contribution in [0.1, 0.15) is 20.3 Å². The molecule has 2 N–H and O–H groups in total. The monoisotopic (exact) mass is 194 g/mol. The van der Waals surface area contributed by atoms with Gasteiger partial charge in [-0.2, -0.15) is 0 Å². The second kappa shape index (κ2) is 5.42. The predicted octanol–water partition coefficient (Wildman–Crippen LogP) is 1.98. The minimum absolute atomic E-state index is 0.711. The lowest BCUT2D eigenvalue weighted by molar-refractivity contribution is 0.606. The van der Waals surface area contributed by atoms with Crippen molar-refractivity contribution in [3.8, 4) is 0 Å². The number of rotatable bonds is 5. The highest BCUT2D eigenvalue weighted by molar-refractivity contribution is 5.40. The number of nitrogens with one attached hydrogen (secondary N) is 2. The molecule has 1 heterocycles. The average Bonchev–Trinajstić information content (AvgIpc) is 2.18. The molecule has 0 aromatic carbocycles. The minimum Gasteiger partial charge on any atom is -0.372 e. The molecule has 1 rings (SSSR count). The van der Waals surface area contributed by atoms with Crippen LogP contribution in [0, 0.1) is 5.92 Å². The Morgan fingerprint density at radius 3 is 2.64 bits per heavy atom. The van der Waals surface area contributed by atoms with Crippen molar-refractivity contribution >= 4 is 11.6 Å². The zero-order valence-electron chi connectivity index (χ0n) is 9.04. The number of aromatic nitrogens is 2. The Morgan fingerprint density at radius 2 is 2.00 bits per heavy atom. The fraction of sp³-hybridized carbons (Fsp3) is 0.600. The third kappa shape index (κ3) is 3.60. The van der Waals surface area contributed by atoms with E-state index in [0.717, 1.165) is 24.6 Å². The second-order valence-corrected chi connectivity index (χ2v) is 3.65. The second-order valence-electron chi connectivity index (χ2n) is 3.65.